The molecule has 6 nitrogen and oxygen atoms in total. The molecule has 0 unspecified atom stereocenters. The number of carbonyl (C=O) groups is 2. The molecule has 2 heterocycles. The topological polar surface area (TPSA) is 84.0 Å². The predicted molar refractivity (Wildman–Crippen MR) is 122 cm³/mol. The molecule has 0 saturated heterocycles. The summed E-state index contributed by atoms with van der Waals surface area (Å²) in [6, 6.07) is 11.8. The number of carbonyl (C=O) groups excluding carboxylic acids is 2. The van der Waals surface area contributed by atoms with Crippen LogP contribution in [0.15, 0.2) is 59.3 Å². The predicted octanol–water partition coefficient (Wildman–Crippen LogP) is 5.57. The van der Waals surface area contributed by atoms with Gasteiger partial charge in [0, 0.05) is 34.7 Å². The Morgan fingerprint density at radius 2 is 1.06 bits per heavy atom. The highest BCUT2D eigenvalue weighted by molar-refractivity contribution is 7.14. The van der Waals surface area contributed by atoms with Gasteiger partial charge in [-0.15, -0.1) is 22.7 Å². The van der Waals surface area contributed by atoms with Crippen molar-refractivity contribution in [3.63, 3.8) is 0 Å². The fraction of sp³-hybridized carbons (Fsp3) is 0.0909. The van der Waals surface area contributed by atoms with Gasteiger partial charge in [-0.25, -0.2) is 18.7 Å². The van der Waals surface area contributed by atoms with Crippen LogP contribution in [-0.2, 0) is 9.59 Å². The number of benzene rings is 2. The standard InChI is InChI=1S/C22H16F2N4O2S2/c23-15-5-1-13(2-6-15)17-11-31-21(25-17)27-19(29)9-10-20(30)28-22-26-18(12-32-22)14-3-7-16(24)8-4-14/h1-8,11-12H,9-10H2,(H,25,27,29)(H,26,28,30). The quantitative estimate of drug-likeness (QED) is 0.370. The Morgan fingerprint density at radius 3 is 1.44 bits per heavy atom. The third-order valence-electron chi connectivity index (χ3n) is 4.36. The number of anilines is 2. The second-order valence-electron chi connectivity index (χ2n) is 6.69. The first-order valence-corrected chi connectivity index (χ1v) is 11.2. The Hall–Kier alpha value is -3.50. The maximum atomic E-state index is 13.0. The molecule has 0 aliphatic rings. The summed E-state index contributed by atoms with van der Waals surface area (Å²) in [7, 11) is 0. The van der Waals surface area contributed by atoms with Crippen LogP contribution in [0.5, 0.6) is 0 Å². The zero-order chi connectivity index (χ0) is 22.5. The Kier molecular flexibility index (Phi) is 6.62. The van der Waals surface area contributed by atoms with E-state index in [9.17, 15) is 18.4 Å². The van der Waals surface area contributed by atoms with Crippen molar-refractivity contribution in [2.75, 3.05) is 10.6 Å². The van der Waals surface area contributed by atoms with Crippen LogP contribution in [0.25, 0.3) is 22.5 Å². The van der Waals surface area contributed by atoms with Crippen LogP contribution >= 0.6 is 22.7 Å². The minimum Gasteiger partial charge on any atom is -0.302 e. The molecule has 32 heavy (non-hydrogen) atoms. The van der Waals surface area contributed by atoms with Crippen molar-refractivity contribution in [3.05, 3.63) is 70.9 Å². The van der Waals surface area contributed by atoms with E-state index in [0.29, 0.717) is 21.7 Å². The molecule has 2 N–H and O–H groups in total. The fourth-order valence-electron chi connectivity index (χ4n) is 2.76. The first-order chi connectivity index (χ1) is 15.5. The van der Waals surface area contributed by atoms with Crippen molar-refractivity contribution in [3.8, 4) is 22.5 Å². The Labute approximate surface area is 190 Å². The van der Waals surface area contributed by atoms with E-state index in [1.165, 1.54) is 46.9 Å². The molecular formula is C22H16F2N4O2S2. The van der Waals surface area contributed by atoms with E-state index in [0.717, 1.165) is 11.1 Å². The van der Waals surface area contributed by atoms with Gasteiger partial charge < -0.3 is 10.6 Å². The maximum absolute atomic E-state index is 13.0. The molecule has 162 valence electrons. The molecule has 4 aromatic rings. The van der Waals surface area contributed by atoms with Gasteiger partial charge in [-0.2, -0.15) is 0 Å². The number of amides is 2. The highest BCUT2D eigenvalue weighted by Gasteiger charge is 2.12. The van der Waals surface area contributed by atoms with E-state index in [1.54, 1.807) is 35.0 Å². The van der Waals surface area contributed by atoms with Gasteiger partial charge in [0.25, 0.3) is 0 Å². The van der Waals surface area contributed by atoms with Crippen LogP contribution in [-0.4, -0.2) is 21.8 Å². The molecular weight excluding hydrogens is 454 g/mol. The third kappa shape index (κ3) is 5.59. The Bertz CT molecular complexity index is 1140. The fourth-order valence-corrected chi connectivity index (χ4v) is 4.23. The van der Waals surface area contributed by atoms with Crippen LogP contribution < -0.4 is 10.6 Å². The van der Waals surface area contributed by atoms with Crippen molar-refractivity contribution >= 4 is 44.8 Å². The van der Waals surface area contributed by atoms with Crippen molar-refractivity contribution in [1.29, 1.82) is 0 Å². The van der Waals surface area contributed by atoms with E-state index in [-0.39, 0.29) is 36.3 Å². The summed E-state index contributed by atoms with van der Waals surface area (Å²) in [4.78, 5) is 32.9. The average molecular weight is 471 g/mol. The van der Waals surface area contributed by atoms with E-state index >= 15 is 0 Å². The lowest BCUT2D eigenvalue weighted by molar-refractivity contribution is -0.121. The normalized spacial score (nSPS) is 10.7. The maximum Gasteiger partial charge on any atom is 0.226 e. The summed E-state index contributed by atoms with van der Waals surface area (Å²) >= 11 is 2.49. The van der Waals surface area contributed by atoms with Gasteiger partial charge in [-0.1, -0.05) is 0 Å². The molecule has 0 radical (unpaired) electrons. The van der Waals surface area contributed by atoms with Crippen molar-refractivity contribution in [1.82, 2.24) is 9.97 Å². The minimum absolute atomic E-state index is 0.0203. The summed E-state index contributed by atoms with van der Waals surface area (Å²) in [5.41, 5.74) is 2.74. The number of thiazole rings is 2. The number of aromatic nitrogens is 2. The Balaban J connectivity index is 1.26. The number of hydrogen-bond donors (Lipinski definition) is 2. The van der Waals surface area contributed by atoms with Gasteiger partial charge in [0.05, 0.1) is 11.4 Å². The van der Waals surface area contributed by atoms with Gasteiger partial charge >= 0.3 is 0 Å². The monoisotopic (exact) mass is 470 g/mol. The molecule has 2 amide bonds. The molecule has 2 aromatic carbocycles. The van der Waals surface area contributed by atoms with Crippen molar-refractivity contribution in [2.24, 2.45) is 0 Å². The van der Waals surface area contributed by atoms with Crippen LogP contribution in [0.2, 0.25) is 0 Å². The molecule has 2 aromatic heterocycles. The zero-order valence-corrected chi connectivity index (χ0v) is 18.1. The van der Waals surface area contributed by atoms with Crippen molar-refractivity contribution < 1.29 is 18.4 Å². The van der Waals surface area contributed by atoms with E-state index in [1.807, 2.05) is 0 Å². The lowest BCUT2D eigenvalue weighted by atomic mass is 10.2. The number of nitrogens with one attached hydrogen (secondary N) is 2. The smallest absolute Gasteiger partial charge is 0.226 e. The number of rotatable bonds is 7. The highest BCUT2D eigenvalue weighted by Crippen LogP contribution is 2.26. The SMILES string of the molecule is O=C(CCC(=O)Nc1nc(-c2ccc(F)cc2)cs1)Nc1nc(-c2ccc(F)cc2)cs1. The number of hydrogen-bond acceptors (Lipinski definition) is 6. The van der Waals surface area contributed by atoms with Gasteiger partial charge in [-0.05, 0) is 48.5 Å². The zero-order valence-electron chi connectivity index (χ0n) is 16.5. The average Bonchev–Trinajstić information content (AvgIpc) is 3.43. The minimum atomic E-state index is -0.341. The second-order valence-corrected chi connectivity index (χ2v) is 8.40. The first kappa shape index (κ1) is 21.7. The van der Waals surface area contributed by atoms with Gasteiger partial charge in [0.2, 0.25) is 11.8 Å². The van der Waals surface area contributed by atoms with E-state index < -0.39 is 0 Å². The molecule has 10 heteroatoms. The van der Waals surface area contributed by atoms with E-state index in [2.05, 4.69) is 20.6 Å². The lowest BCUT2D eigenvalue weighted by Gasteiger charge is -2.03. The molecule has 0 aliphatic heterocycles. The summed E-state index contributed by atoms with van der Waals surface area (Å²) < 4.78 is 26.1. The molecule has 0 saturated carbocycles. The van der Waals surface area contributed by atoms with Crippen LogP contribution in [0, 0.1) is 11.6 Å². The number of halogens is 2. The van der Waals surface area contributed by atoms with Crippen molar-refractivity contribution in [2.45, 2.75) is 12.8 Å². The van der Waals surface area contributed by atoms with Crippen LogP contribution in [0.4, 0.5) is 19.0 Å². The molecule has 4 rings (SSSR count). The Morgan fingerprint density at radius 1 is 0.688 bits per heavy atom. The molecule has 0 aliphatic carbocycles. The molecule has 0 spiro atoms. The van der Waals surface area contributed by atoms with Crippen LogP contribution in [0.3, 0.4) is 0 Å². The first-order valence-electron chi connectivity index (χ1n) is 9.49. The van der Waals surface area contributed by atoms with Gasteiger partial charge in [0.15, 0.2) is 10.3 Å². The largest absolute Gasteiger partial charge is 0.302 e. The molecule has 0 bridgehead atoms. The third-order valence-corrected chi connectivity index (χ3v) is 5.88. The van der Waals surface area contributed by atoms with Crippen LogP contribution in [0.1, 0.15) is 12.8 Å². The van der Waals surface area contributed by atoms with E-state index in [4.69, 9.17) is 0 Å². The summed E-state index contributed by atoms with van der Waals surface area (Å²) in [6.45, 7) is 0. The molecule has 0 atom stereocenters. The summed E-state index contributed by atoms with van der Waals surface area (Å²) in [5.74, 6) is -1.35. The lowest BCUT2D eigenvalue weighted by Crippen LogP contribution is -2.17. The number of nitrogens with zero attached hydrogens (tertiary/aromatic N) is 2. The highest BCUT2D eigenvalue weighted by atomic mass is 32.1. The summed E-state index contributed by atoms with van der Waals surface area (Å²) in [6.07, 6.45) is -0.0407. The second kappa shape index (κ2) is 9.75. The van der Waals surface area contributed by atoms with Gasteiger partial charge in [0.1, 0.15) is 11.6 Å². The molecule has 0 fully saturated rings. The summed E-state index contributed by atoms with van der Waals surface area (Å²) in [5, 5.41) is 9.65. The van der Waals surface area contributed by atoms with Gasteiger partial charge in [-0.3, -0.25) is 9.59 Å².